The second kappa shape index (κ2) is 8.05. The minimum Gasteiger partial charge on any atom is -0.481 e. The van der Waals surface area contributed by atoms with E-state index in [2.05, 4.69) is 17.1 Å². The summed E-state index contributed by atoms with van der Waals surface area (Å²) in [6, 6.07) is 0. The summed E-state index contributed by atoms with van der Waals surface area (Å²) in [5, 5.41) is 11.2. The van der Waals surface area contributed by atoms with Crippen molar-refractivity contribution in [3.8, 4) is 0 Å². The number of nitrogens with zero attached hydrogens (tertiary/aromatic N) is 1. The molecule has 6 heteroatoms. The third-order valence-electron chi connectivity index (χ3n) is 2.99. The highest BCUT2D eigenvalue weighted by atomic mass is 16.5. The van der Waals surface area contributed by atoms with Gasteiger partial charge in [-0.05, 0) is 13.0 Å². The topological polar surface area (TPSA) is 78.9 Å². The molecule has 104 valence electrons. The first kappa shape index (κ1) is 14.9. The van der Waals surface area contributed by atoms with Crippen molar-refractivity contribution in [2.45, 2.75) is 32.3 Å². The zero-order valence-corrected chi connectivity index (χ0v) is 10.9. The number of likely N-dealkylation sites (N-methyl/N-ethyl adjacent to an activating group) is 1. The number of aliphatic carboxylic acids is 1. The van der Waals surface area contributed by atoms with Crippen LogP contribution in [0.4, 0.5) is 0 Å². The van der Waals surface area contributed by atoms with E-state index >= 15 is 0 Å². The van der Waals surface area contributed by atoms with Gasteiger partial charge in [-0.15, -0.1) is 0 Å². The Morgan fingerprint density at radius 1 is 1.44 bits per heavy atom. The molecule has 0 aliphatic carbocycles. The van der Waals surface area contributed by atoms with Crippen molar-refractivity contribution >= 4 is 11.9 Å². The van der Waals surface area contributed by atoms with Crippen LogP contribution < -0.4 is 5.32 Å². The number of morpholine rings is 1. The predicted molar refractivity (Wildman–Crippen MR) is 66.4 cm³/mol. The van der Waals surface area contributed by atoms with Crippen molar-refractivity contribution in [3.63, 3.8) is 0 Å². The summed E-state index contributed by atoms with van der Waals surface area (Å²) in [6.45, 7) is 6.08. The minimum absolute atomic E-state index is 0.0387. The van der Waals surface area contributed by atoms with Gasteiger partial charge in [-0.1, -0.05) is 6.92 Å². The van der Waals surface area contributed by atoms with Crippen LogP contribution in [0.1, 0.15) is 26.2 Å². The maximum absolute atomic E-state index is 11.4. The van der Waals surface area contributed by atoms with E-state index in [0.29, 0.717) is 19.6 Å². The lowest BCUT2D eigenvalue weighted by atomic mass is 10.2. The van der Waals surface area contributed by atoms with Gasteiger partial charge >= 0.3 is 5.97 Å². The fraction of sp³-hybridized carbons (Fsp3) is 0.833. The number of carbonyl (C=O) groups excluding carboxylic acids is 1. The van der Waals surface area contributed by atoms with Crippen LogP contribution in [-0.4, -0.2) is 60.8 Å². The summed E-state index contributed by atoms with van der Waals surface area (Å²) in [7, 11) is 0. The molecule has 1 atom stereocenters. The van der Waals surface area contributed by atoms with Gasteiger partial charge in [0.05, 0.1) is 12.7 Å². The molecule has 0 aromatic heterocycles. The number of rotatable bonds is 7. The van der Waals surface area contributed by atoms with Crippen LogP contribution in [0.2, 0.25) is 0 Å². The average molecular weight is 258 g/mol. The van der Waals surface area contributed by atoms with E-state index in [-0.39, 0.29) is 24.9 Å². The molecule has 1 rings (SSSR count). The molecule has 1 fully saturated rings. The Labute approximate surface area is 107 Å². The average Bonchev–Trinajstić information content (AvgIpc) is 2.36. The van der Waals surface area contributed by atoms with Crippen molar-refractivity contribution in [1.29, 1.82) is 0 Å². The summed E-state index contributed by atoms with van der Waals surface area (Å²) in [6.07, 6.45) is 0.725. The highest BCUT2D eigenvalue weighted by Crippen LogP contribution is 2.04. The van der Waals surface area contributed by atoms with Crippen LogP contribution in [0.15, 0.2) is 0 Å². The number of amides is 1. The van der Waals surface area contributed by atoms with Crippen LogP contribution >= 0.6 is 0 Å². The van der Waals surface area contributed by atoms with E-state index < -0.39 is 5.97 Å². The summed E-state index contributed by atoms with van der Waals surface area (Å²) < 4.78 is 5.55. The van der Waals surface area contributed by atoms with Gasteiger partial charge in [0.25, 0.3) is 0 Å². The zero-order chi connectivity index (χ0) is 13.4. The number of hydrogen-bond acceptors (Lipinski definition) is 4. The van der Waals surface area contributed by atoms with E-state index in [0.717, 1.165) is 19.6 Å². The number of carbonyl (C=O) groups is 2. The fourth-order valence-corrected chi connectivity index (χ4v) is 1.91. The molecule has 18 heavy (non-hydrogen) atoms. The molecule has 2 N–H and O–H groups in total. The van der Waals surface area contributed by atoms with Gasteiger partial charge in [0.1, 0.15) is 0 Å². The zero-order valence-electron chi connectivity index (χ0n) is 10.9. The quantitative estimate of drug-likeness (QED) is 0.676. The first-order valence-corrected chi connectivity index (χ1v) is 6.44. The maximum Gasteiger partial charge on any atom is 0.303 e. The Hall–Kier alpha value is -1.14. The SMILES string of the molecule is CCN1CCOC(CNC(=O)CCCC(=O)O)C1. The lowest BCUT2D eigenvalue weighted by Crippen LogP contribution is -2.47. The van der Waals surface area contributed by atoms with E-state index in [1.807, 2.05) is 0 Å². The number of carboxylic acid groups (broad SMARTS) is 1. The largest absolute Gasteiger partial charge is 0.481 e. The summed E-state index contributed by atoms with van der Waals surface area (Å²) >= 11 is 0. The molecule has 0 spiro atoms. The van der Waals surface area contributed by atoms with E-state index in [1.54, 1.807) is 0 Å². The lowest BCUT2D eigenvalue weighted by Gasteiger charge is -2.32. The van der Waals surface area contributed by atoms with Crippen LogP contribution in [0, 0.1) is 0 Å². The van der Waals surface area contributed by atoms with Gasteiger partial charge in [-0.2, -0.15) is 0 Å². The summed E-state index contributed by atoms with van der Waals surface area (Å²) in [5.74, 6) is -0.967. The lowest BCUT2D eigenvalue weighted by molar-refractivity contribution is -0.137. The third-order valence-corrected chi connectivity index (χ3v) is 2.99. The predicted octanol–water partition coefficient (Wildman–Crippen LogP) is 0.0782. The Balaban J connectivity index is 2.12. The third kappa shape index (κ3) is 5.97. The fourth-order valence-electron chi connectivity index (χ4n) is 1.91. The molecule has 0 aromatic rings. The van der Waals surface area contributed by atoms with Gasteiger partial charge in [-0.3, -0.25) is 14.5 Å². The van der Waals surface area contributed by atoms with E-state index in [9.17, 15) is 9.59 Å². The monoisotopic (exact) mass is 258 g/mol. The molecular formula is C12H22N2O4. The normalized spacial score (nSPS) is 20.6. The molecule has 0 aromatic carbocycles. The van der Waals surface area contributed by atoms with Gasteiger partial charge in [-0.25, -0.2) is 0 Å². The van der Waals surface area contributed by atoms with Crippen molar-refractivity contribution < 1.29 is 19.4 Å². The Morgan fingerprint density at radius 3 is 2.89 bits per heavy atom. The Kier molecular flexibility index (Phi) is 6.67. The molecule has 1 heterocycles. The molecule has 1 aliphatic rings. The Bertz CT molecular complexity index is 283. The molecular weight excluding hydrogens is 236 g/mol. The van der Waals surface area contributed by atoms with Crippen LogP contribution in [0.25, 0.3) is 0 Å². The van der Waals surface area contributed by atoms with Crippen molar-refractivity contribution in [3.05, 3.63) is 0 Å². The number of hydrogen-bond donors (Lipinski definition) is 2. The first-order chi connectivity index (χ1) is 8.61. The standard InChI is InChI=1S/C12H22N2O4/c1-2-14-6-7-18-10(9-14)8-13-11(15)4-3-5-12(16)17/h10H,2-9H2,1H3,(H,13,15)(H,16,17). The Morgan fingerprint density at radius 2 is 2.22 bits per heavy atom. The van der Waals surface area contributed by atoms with Gasteiger partial charge < -0.3 is 15.2 Å². The first-order valence-electron chi connectivity index (χ1n) is 6.44. The van der Waals surface area contributed by atoms with Gasteiger partial charge in [0, 0.05) is 32.5 Å². The second-order valence-electron chi connectivity index (χ2n) is 4.44. The van der Waals surface area contributed by atoms with Crippen molar-refractivity contribution in [2.24, 2.45) is 0 Å². The minimum atomic E-state index is -0.864. The van der Waals surface area contributed by atoms with Crippen molar-refractivity contribution in [2.75, 3.05) is 32.8 Å². The molecule has 1 amide bonds. The molecule has 6 nitrogen and oxygen atoms in total. The highest BCUT2D eigenvalue weighted by Gasteiger charge is 2.19. The van der Waals surface area contributed by atoms with E-state index in [1.165, 1.54) is 0 Å². The van der Waals surface area contributed by atoms with Crippen LogP contribution in [0.5, 0.6) is 0 Å². The molecule has 0 radical (unpaired) electrons. The van der Waals surface area contributed by atoms with Crippen LogP contribution in [0.3, 0.4) is 0 Å². The molecule has 1 unspecified atom stereocenters. The number of nitrogens with one attached hydrogen (secondary N) is 1. The molecule has 0 bridgehead atoms. The summed E-state index contributed by atoms with van der Waals surface area (Å²) in [4.78, 5) is 24.0. The second-order valence-corrected chi connectivity index (χ2v) is 4.44. The highest BCUT2D eigenvalue weighted by molar-refractivity contribution is 5.76. The van der Waals surface area contributed by atoms with Gasteiger partial charge in [0.15, 0.2) is 0 Å². The number of carboxylic acids is 1. The number of ether oxygens (including phenoxy) is 1. The molecule has 0 saturated carbocycles. The van der Waals surface area contributed by atoms with E-state index in [4.69, 9.17) is 9.84 Å². The van der Waals surface area contributed by atoms with Gasteiger partial charge in [0.2, 0.25) is 5.91 Å². The molecule has 1 saturated heterocycles. The van der Waals surface area contributed by atoms with Crippen LogP contribution in [-0.2, 0) is 14.3 Å². The van der Waals surface area contributed by atoms with Crippen molar-refractivity contribution in [1.82, 2.24) is 10.2 Å². The summed E-state index contributed by atoms with van der Waals surface area (Å²) in [5.41, 5.74) is 0. The molecule has 1 aliphatic heterocycles. The maximum atomic E-state index is 11.4. The smallest absolute Gasteiger partial charge is 0.303 e.